The lowest BCUT2D eigenvalue weighted by Crippen LogP contribution is -2.26. The SMILES string of the molecule is CC1=CC(=O)C(=O)C(N2CN2)=C1O. The van der Waals surface area contributed by atoms with Crippen LogP contribution in [0.5, 0.6) is 0 Å². The number of aliphatic hydroxyl groups is 1. The molecule has 1 aliphatic heterocycles. The molecule has 2 aliphatic rings. The van der Waals surface area contributed by atoms with Crippen LogP contribution in [-0.2, 0) is 9.59 Å². The molecule has 5 nitrogen and oxygen atoms in total. The van der Waals surface area contributed by atoms with Crippen molar-refractivity contribution in [1.29, 1.82) is 0 Å². The lowest BCUT2D eigenvalue weighted by molar-refractivity contribution is -0.132. The number of Topliss-reactive ketones (excluding diaryl/α,β-unsaturated/α-hetero) is 1. The Morgan fingerprint density at radius 2 is 2.15 bits per heavy atom. The molecule has 0 radical (unpaired) electrons. The molecule has 0 spiro atoms. The summed E-state index contributed by atoms with van der Waals surface area (Å²) in [6.07, 6.45) is 1.14. The van der Waals surface area contributed by atoms with Crippen LogP contribution in [0.3, 0.4) is 0 Å². The monoisotopic (exact) mass is 180 g/mol. The van der Waals surface area contributed by atoms with E-state index in [4.69, 9.17) is 0 Å². The Kier molecular flexibility index (Phi) is 1.50. The van der Waals surface area contributed by atoms with E-state index in [0.29, 0.717) is 12.2 Å². The van der Waals surface area contributed by atoms with Gasteiger partial charge in [-0.1, -0.05) is 0 Å². The van der Waals surface area contributed by atoms with Crippen molar-refractivity contribution in [2.75, 3.05) is 6.67 Å². The zero-order chi connectivity index (χ0) is 9.59. The molecule has 0 aromatic carbocycles. The van der Waals surface area contributed by atoms with E-state index in [2.05, 4.69) is 5.43 Å². The molecular weight excluding hydrogens is 172 g/mol. The summed E-state index contributed by atoms with van der Waals surface area (Å²) in [5, 5.41) is 10.9. The lowest BCUT2D eigenvalue weighted by atomic mass is 10.0. The van der Waals surface area contributed by atoms with Crippen LogP contribution in [0, 0.1) is 0 Å². The Morgan fingerprint density at radius 3 is 2.69 bits per heavy atom. The Morgan fingerprint density at radius 1 is 1.54 bits per heavy atom. The first-order chi connectivity index (χ1) is 6.11. The van der Waals surface area contributed by atoms with Crippen LogP contribution in [0.1, 0.15) is 6.92 Å². The number of carbonyl (C=O) groups excluding carboxylic acids is 2. The first-order valence-electron chi connectivity index (χ1n) is 3.83. The maximum absolute atomic E-state index is 11.3. The number of hydrogen-bond donors (Lipinski definition) is 2. The topological polar surface area (TPSA) is 79.3 Å². The maximum Gasteiger partial charge on any atom is 0.254 e. The van der Waals surface area contributed by atoms with Crippen molar-refractivity contribution in [3.05, 3.63) is 23.1 Å². The minimum Gasteiger partial charge on any atom is -0.505 e. The molecule has 1 aliphatic carbocycles. The van der Waals surface area contributed by atoms with E-state index in [1.807, 2.05) is 0 Å². The van der Waals surface area contributed by atoms with Gasteiger partial charge >= 0.3 is 0 Å². The van der Waals surface area contributed by atoms with Gasteiger partial charge < -0.3 is 5.11 Å². The van der Waals surface area contributed by atoms with E-state index in [1.54, 1.807) is 6.92 Å². The lowest BCUT2D eigenvalue weighted by Gasteiger charge is -2.12. The van der Waals surface area contributed by atoms with E-state index in [9.17, 15) is 14.7 Å². The van der Waals surface area contributed by atoms with Crippen molar-refractivity contribution in [3.63, 3.8) is 0 Å². The first-order valence-corrected chi connectivity index (χ1v) is 3.83. The van der Waals surface area contributed by atoms with Crippen molar-refractivity contribution >= 4 is 11.6 Å². The Hall–Kier alpha value is -1.62. The molecule has 0 bridgehead atoms. The minimum absolute atomic E-state index is 0.0602. The number of rotatable bonds is 1. The van der Waals surface area contributed by atoms with Crippen LogP contribution >= 0.6 is 0 Å². The summed E-state index contributed by atoms with van der Waals surface area (Å²) in [5.74, 6) is -1.36. The fourth-order valence-electron chi connectivity index (χ4n) is 1.19. The van der Waals surface area contributed by atoms with Crippen molar-refractivity contribution in [1.82, 2.24) is 10.4 Å². The van der Waals surface area contributed by atoms with Crippen molar-refractivity contribution in [3.8, 4) is 0 Å². The highest BCUT2D eigenvalue weighted by Gasteiger charge is 2.35. The highest BCUT2D eigenvalue weighted by Crippen LogP contribution is 2.23. The number of allylic oxidation sites excluding steroid dienone is 3. The zero-order valence-electron chi connectivity index (χ0n) is 7.00. The smallest absolute Gasteiger partial charge is 0.254 e. The number of hydrogen-bond acceptors (Lipinski definition) is 5. The number of hydrazine groups is 1. The van der Waals surface area contributed by atoms with Gasteiger partial charge in [-0.2, -0.15) is 0 Å². The summed E-state index contributed by atoms with van der Waals surface area (Å²) < 4.78 is 0. The molecule has 0 atom stereocenters. The summed E-state index contributed by atoms with van der Waals surface area (Å²) in [6.45, 7) is 2.08. The summed E-state index contributed by atoms with van der Waals surface area (Å²) in [4.78, 5) is 22.3. The molecule has 0 saturated carbocycles. The van der Waals surface area contributed by atoms with Gasteiger partial charge in [0, 0.05) is 0 Å². The van der Waals surface area contributed by atoms with E-state index in [1.165, 1.54) is 5.01 Å². The van der Waals surface area contributed by atoms with E-state index in [-0.39, 0.29) is 11.5 Å². The second kappa shape index (κ2) is 2.43. The molecule has 5 heteroatoms. The molecule has 1 fully saturated rings. The summed E-state index contributed by atoms with van der Waals surface area (Å²) in [6, 6.07) is 0. The Bertz CT molecular complexity index is 364. The third-order valence-electron chi connectivity index (χ3n) is 1.97. The fourth-order valence-corrected chi connectivity index (χ4v) is 1.19. The predicted molar refractivity (Wildman–Crippen MR) is 43.3 cm³/mol. The average Bonchev–Trinajstić information content (AvgIpc) is 2.85. The maximum atomic E-state index is 11.3. The second-order valence-corrected chi connectivity index (χ2v) is 2.96. The average molecular weight is 180 g/mol. The quantitative estimate of drug-likeness (QED) is 0.327. The van der Waals surface area contributed by atoms with E-state index < -0.39 is 11.6 Å². The van der Waals surface area contributed by atoms with Gasteiger partial charge in [0.1, 0.15) is 18.1 Å². The third-order valence-corrected chi connectivity index (χ3v) is 1.97. The van der Waals surface area contributed by atoms with Crippen LogP contribution in [0.2, 0.25) is 0 Å². The van der Waals surface area contributed by atoms with Gasteiger partial charge in [-0.05, 0) is 18.6 Å². The van der Waals surface area contributed by atoms with Gasteiger partial charge in [-0.3, -0.25) is 14.6 Å². The molecule has 68 valence electrons. The zero-order valence-corrected chi connectivity index (χ0v) is 7.00. The standard InChI is InChI=1S/C8H8N2O3/c1-4-2-5(11)8(13)6(7(4)12)10-3-9-10/h2,9,12H,3H2,1H3. The van der Waals surface area contributed by atoms with Crippen LogP contribution in [0.15, 0.2) is 23.1 Å². The van der Waals surface area contributed by atoms with Gasteiger partial charge in [-0.15, -0.1) is 0 Å². The van der Waals surface area contributed by atoms with Crippen LogP contribution in [-0.4, -0.2) is 28.4 Å². The second-order valence-electron chi connectivity index (χ2n) is 2.96. The van der Waals surface area contributed by atoms with E-state index >= 15 is 0 Å². The highest BCUT2D eigenvalue weighted by atomic mass is 16.3. The molecule has 0 aromatic heterocycles. The first kappa shape index (κ1) is 8.00. The number of aliphatic hydroxyl groups excluding tert-OH is 1. The number of nitrogens with zero attached hydrogens (tertiary/aromatic N) is 1. The Balaban J connectivity index is 2.48. The van der Waals surface area contributed by atoms with Crippen LogP contribution < -0.4 is 5.43 Å². The minimum atomic E-state index is -0.659. The van der Waals surface area contributed by atoms with Crippen molar-refractivity contribution in [2.24, 2.45) is 0 Å². The molecule has 2 rings (SSSR count). The molecular formula is C8H8N2O3. The predicted octanol–water partition coefficient (Wildman–Crippen LogP) is -0.368. The third kappa shape index (κ3) is 1.13. The van der Waals surface area contributed by atoms with Crippen molar-refractivity contribution in [2.45, 2.75) is 6.92 Å². The molecule has 0 amide bonds. The molecule has 2 N–H and O–H groups in total. The summed E-state index contributed by atoms with van der Waals surface area (Å²) >= 11 is 0. The molecule has 0 aromatic rings. The summed E-state index contributed by atoms with van der Waals surface area (Å²) in [7, 11) is 0. The fraction of sp³-hybridized carbons (Fsp3) is 0.250. The van der Waals surface area contributed by atoms with Crippen LogP contribution in [0.25, 0.3) is 0 Å². The highest BCUT2D eigenvalue weighted by molar-refractivity contribution is 6.48. The summed E-state index contributed by atoms with van der Waals surface area (Å²) in [5.41, 5.74) is 3.21. The number of carbonyl (C=O) groups is 2. The van der Waals surface area contributed by atoms with Crippen molar-refractivity contribution < 1.29 is 14.7 Å². The Labute approximate surface area is 74.3 Å². The van der Waals surface area contributed by atoms with Gasteiger partial charge in [-0.25, -0.2) is 5.43 Å². The number of nitrogens with one attached hydrogen (secondary N) is 1. The molecule has 1 heterocycles. The van der Waals surface area contributed by atoms with Gasteiger partial charge in [0.05, 0.1) is 0 Å². The molecule has 1 saturated heterocycles. The number of ketones is 2. The van der Waals surface area contributed by atoms with Crippen LogP contribution in [0.4, 0.5) is 0 Å². The normalized spacial score (nSPS) is 22.2. The van der Waals surface area contributed by atoms with Gasteiger partial charge in [0.2, 0.25) is 5.78 Å². The largest absolute Gasteiger partial charge is 0.505 e. The van der Waals surface area contributed by atoms with Gasteiger partial charge in [0.15, 0.2) is 0 Å². The van der Waals surface area contributed by atoms with Gasteiger partial charge in [0.25, 0.3) is 5.78 Å². The van der Waals surface area contributed by atoms with E-state index in [0.717, 1.165) is 6.08 Å². The molecule has 0 unspecified atom stereocenters. The molecule has 13 heavy (non-hydrogen) atoms.